The third-order valence-corrected chi connectivity index (χ3v) is 11.6. The molecule has 376 valence electrons. The highest BCUT2D eigenvalue weighted by molar-refractivity contribution is 5.76. The van der Waals surface area contributed by atoms with E-state index in [0.717, 1.165) is 83.5 Å². The highest BCUT2D eigenvalue weighted by atomic mass is 16.7. The largest absolute Gasteiger partial charge is 0.394 e. The molecular weight excluding hydrogens is 827 g/mol. The number of amides is 1. The van der Waals surface area contributed by atoms with Crippen LogP contribution in [0.1, 0.15) is 187 Å². The van der Waals surface area contributed by atoms with Crippen molar-refractivity contribution in [3.05, 3.63) is 109 Å². The van der Waals surface area contributed by atoms with E-state index < -0.39 is 49.5 Å². The molecule has 7 unspecified atom stereocenters. The van der Waals surface area contributed by atoms with Gasteiger partial charge in [0.2, 0.25) is 5.91 Å². The molecule has 0 radical (unpaired) electrons. The van der Waals surface area contributed by atoms with Crippen molar-refractivity contribution in [3.8, 4) is 0 Å². The van der Waals surface area contributed by atoms with Gasteiger partial charge in [-0.2, -0.15) is 0 Å². The summed E-state index contributed by atoms with van der Waals surface area (Å²) < 4.78 is 11.3. The molecule has 9 heteroatoms. The average Bonchev–Trinajstić information content (AvgIpc) is 3.32. The minimum Gasteiger partial charge on any atom is -0.394 e. The molecule has 6 N–H and O–H groups in total. The van der Waals surface area contributed by atoms with Crippen molar-refractivity contribution < 1.29 is 39.8 Å². The van der Waals surface area contributed by atoms with Crippen LogP contribution in [-0.2, 0) is 14.3 Å². The van der Waals surface area contributed by atoms with Crippen LogP contribution in [0.25, 0.3) is 0 Å². The van der Waals surface area contributed by atoms with Crippen molar-refractivity contribution >= 4 is 5.91 Å². The molecule has 0 spiro atoms. The molecule has 1 aliphatic heterocycles. The summed E-state index contributed by atoms with van der Waals surface area (Å²) >= 11 is 0. The van der Waals surface area contributed by atoms with Crippen molar-refractivity contribution in [2.45, 2.75) is 230 Å². The molecular formula is C57H95NO8. The lowest BCUT2D eigenvalue weighted by Crippen LogP contribution is -2.60. The van der Waals surface area contributed by atoms with Gasteiger partial charge in [0.15, 0.2) is 6.29 Å². The van der Waals surface area contributed by atoms with E-state index >= 15 is 0 Å². The Balaban J connectivity index is 2.31. The second-order valence-electron chi connectivity index (χ2n) is 17.6. The molecule has 0 aromatic rings. The first-order chi connectivity index (χ1) is 32.3. The van der Waals surface area contributed by atoms with Crippen molar-refractivity contribution in [1.29, 1.82) is 0 Å². The van der Waals surface area contributed by atoms with Gasteiger partial charge in [-0.25, -0.2) is 0 Å². The van der Waals surface area contributed by atoms with Gasteiger partial charge >= 0.3 is 0 Å². The number of unbranched alkanes of at least 4 members (excludes halogenated alkanes) is 14. The van der Waals surface area contributed by atoms with Gasteiger partial charge in [-0.1, -0.05) is 213 Å². The van der Waals surface area contributed by atoms with Crippen LogP contribution >= 0.6 is 0 Å². The van der Waals surface area contributed by atoms with Gasteiger partial charge in [0, 0.05) is 6.42 Å². The summed E-state index contributed by atoms with van der Waals surface area (Å²) in [6, 6.07) is -0.757. The van der Waals surface area contributed by atoms with Gasteiger partial charge in [-0.3, -0.25) is 4.79 Å². The normalized spacial score (nSPS) is 20.7. The van der Waals surface area contributed by atoms with Crippen LogP contribution in [0.5, 0.6) is 0 Å². The lowest BCUT2D eigenvalue weighted by atomic mass is 9.99. The predicted molar refractivity (Wildman–Crippen MR) is 276 cm³/mol. The van der Waals surface area contributed by atoms with Crippen LogP contribution in [0.4, 0.5) is 0 Å². The molecule has 9 nitrogen and oxygen atoms in total. The van der Waals surface area contributed by atoms with Crippen LogP contribution in [0.15, 0.2) is 109 Å². The molecule has 7 atom stereocenters. The quantitative estimate of drug-likeness (QED) is 0.0262. The molecule has 1 heterocycles. The van der Waals surface area contributed by atoms with E-state index in [0.29, 0.717) is 12.8 Å². The summed E-state index contributed by atoms with van der Waals surface area (Å²) in [4.78, 5) is 13.0. The van der Waals surface area contributed by atoms with Gasteiger partial charge in [-0.15, -0.1) is 0 Å². The number of rotatable bonds is 42. The van der Waals surface area contributed by atoms with E-state index in [2.05, 4.69) is 129 Å². The summed E-state index contributed by atoms with van der Waals surface area (Å²) in [7, 11) is 0. The predicted octanol–water partition coefficient (Wildman–Crippen LogP) is 12.2. The summed E-state index contributed by atoms with van der Waals surface area (Å²) in [5.41, 5.74) is 0. The lowest BCUT2D eigenvalue weighted by molar-refractivity contribution is -0.302. The SMILES string of the molecule is CC/C=C\C/C=C\C/C=C\C/C=C\C/C=C\C/C=C\C/C=C\C/C=C\C/C=C\CCCC(=O)NC(COC1OC(CO)C(O)C(O)C1O)C(O)CCCCCCCCCCCCCCCC. The van der Waals surface area contributed by atoms with Crippen LogP contribution in [-0.4, -0.2) is 87.5 Å². The molecule has 1 saturated heterocycles. The van der Waals surface area contributed by atoms with Crippen LogP contribution in [0.3, 0.4) is 0 Å². The van der Waals surface area contributed by atoms with Crippen molar-refractivity contribution in [3.63, 3.8) is 0 Å². The lowest BCUT2D eigenvalue weighted by Gasteiger charge is -2.40. The number of nitrogens with one attached hydrogen (secondary N) is 1. The summed E-state index contributed by atoms with van der Waals surface area (Å²) in [5.74, 6) is -0.207. The van der Waals surface area contributed by atoms with Crippen molar-refractivity contribution in [2.75, 3.05) is 13.2 Å². The Kier molecular flexibility index (Phi) is 42.1. The second kappa shape index (κ2) is 45.6. The third-order valence-electron chi connectivity index (χ3n) is 11.6. The van der Waals surface area contributed by atoms with E-state index in [1.807, 2.05) is 0 Å². The van der Waals surface area contributed by atoms with Crippen molar-refractivity contribution in [2.24, 2.45) is 0 Å². The molecule has 1 aliphatic rings. The number of carbonyl (C=O) groups is 1. The minimum atomic E-state index is -1.57. The van der Waals surface area contributed by atoms with Gasteiger partial charge in [0.1, 0.15) is 24.4 Å². The minimum absolute atomic E-state index is 0.169. The van der Waals surface area contributed by atoms with E-state index in [1.54, 1.807) is 0 Å². The Morgan fingerprint density at radius 1 is 0.530 bits per heavy atom. The highest BCUT2D eigenvalue weighted by Crippen LogP contribution is 2.23. The van der Waals surface area contributed by atoms with Crippen molar-refractivity contribution in [1.82, 2.24) is 5.32 Å². The maximum atomic E-state index is 13.0. The van der Waals surface area contributed by atoms with E-state index in [9.17, 15) is 30.3 Å². The van der Waals surface area contributed by atoms with Crippen LogP contribution < -0.4 is 5.32 Å². The zero-order valence-electron chi connectivity index (χ0n) is 41.4. The molecule has 0 bridgehead atoms. The topological polar surface area (TPSA) is 149 Å². The van der Waals surface area contributed by atoms with E-state index in [1.165, 1.54) is 70.6 Å². The number of hydrogen-bond acceptors (Lipinski definition) is 8. The number of hydrogen-bond donors (Lipinski definition) is 6. The molecule has 1 rings (SSSR count). The third kappa shape index (κ3) is 35.1. The first-order valence-electron chi connectivity index (χ1n) is 26.1. The van der Waals surface area contributed by atoms with Crippen LogP contribution in [0.2, 0.25) is 0 Å². The molecule has 0 aromatic carbocycles. The number of carbonyl (C=O) groups excluding carboxylic acids is 1. The zero-order valence-corrected chi connectivity index (χ0v) is 41.4. The van der Waals surface area contributed by atoms with Gasteiger partial charge in [0.25, 0.3) is 0 Å². The molecule has 0 aromatic heterocycles. The fourth-order valence-electron chi connectivity index (χ4n) is 7.51. The summed E-state index contributed by atoms with van der Waals surface area (Å²) in [5, 5.41) is 54.4. The second-order valence-corrected chi connectivity index (χ2v) is 17.6. The van der Waals surface area contributed by atoms with Gasteiger partial charge in [0.05, 0.1) is 25.4 Å². The Morgan fingerprint density at radius 3 is 1.33 bits per heavy atom. The molecule has 66 heavy (non-hydrogen) atoms. The molecule has 1 amide bonds. The number of allylic oxidation sites excluding steroid dienone is 18. The number of ether oxygens (including phenoxy) is 2. The maximum absolute atomic E-state index is 13.0. The van der Waals surface area contributed by atoms with Gasteiger partial charge < -0.3 is 40.3 Å². The Bertz CT molecular complexity index is 1390. The number of aliphatic hydroxyl groups excluding tert-OH is 5. The highest BCUT2D eigenvalue weighted by Gasteiger charge is 2.44. The van der Waals surface area contributed by atoms with E-state index in [4.69, 9.17) is 9.47 Å². The maximum Gasteiger partial charge on any atom is 0.220 e. The molecule has 1 fully saturated rings. The van der Waals surface area contributed by atoms with E-state index in [-0.39, 0.29) is 18.9 Å². The summed E-state index contributed by atoms with van der Waals surface area (Å²) in [6.07, 6.45) is 59.6. The molecule has 0 saturated carbocycles. The van der Waals surface area contributed by atoms with Gasteiger partial charge in [-0.05, 0) is 77.0 Å². The Morgan fingerprint density at radius 2 is 0.924 bits per heavy atom. The Labute approximate surface area is 402 Å². The average molecular weight is 922 g/mol. The first-order valence-corrected chi connectivity index (χ1v) is 26.1. The number of aliphatic hydroxyl groups is 5. The monoisotopic (exact) mass is 922 g/mol. The zero-order chi connectivity index (χ0) is 48.0. The Hall–Kier alpha value is -3.15. The molecule has 0 aliphatic carbocycles. The fourth-order valence-corrected chi connectivity index (χ4v) is 7.51. The fraction of sp³-hybridized carbons (Fsp3) is 0.667. The smallest absolute Gasteiger partial charge is 0.220 e. The standard InChI is InChI=1S/C57H95NO8/c1-3-5-7-9-11-13-15-17-19-20-21-22-23-24-25-26-27-28-29-30-31-32-33-35-37-39-41-43-45-47-53(61)58-50(49-65-57-56(64)55(63)54(62)52(48-59)66-57)51(60)46-44-42-40-38-36-34-18-16-14-12-10-8-6-4-2/h5,7,11,13,17,19,21-22,24-25,27-28,30-31,33,35,39,41,50-52,54-57,59-60,62-64H,3-4,6,8-10,12,14-16,18,20,23,26,29,32,34,36-38,40,42-49H2,1-2H3,(H,58,61)/b7-5-,13-11-,19-17-,22-21-,25-24-,28-27-,31-30-,35-33-,41-39-. The first kappa shape index (κ1) is 60.9. The summed E-state index contributed by atoms with van der Waals surface area (Å²) in [6.45, 7) is 3.67. The van der Waals surface area contributed by atoms with Crippen LogP contribution in [0, 0.1) is 0 Å².